The van der Waals surface area contributed by atoms with Crippen LogP contribution in [0.3, 0.4) is 0 Å². The summed E-state index contributed by atoms with van der Waals surface area (Å²) in [5, 5.41) is 18.5. The molecule has 2 heterocycles. The molecule has 3 rings (SSSR count). The molecule has 2 aromatic rings. The van der Waals surface area contributed by atoms with Crippen molar-refractivity contribution in [2.24, 2.45) is 0 Å². The van der Waals surface area contributed by atoms with Gasteiger partial charge in [-0.05, 0) is 0 Å². The first-order valence-corrected chi connectivity index (χ1v) is 7.94. The molecule has 2 atom stereocenters. The molecule has 25 heavy (non-hydrogen) atoms. The average Bonchev–Trinajstić information content (AvgIpc) is 2.99. The number of ether oxygens (including phenoxy) is 1. The summed E-state index contributed by atoms with van der Waals surface area (Å²) in [6, 6.07) is 11.5. The van der Waals surface area contributed by atoms with Crippen LogP contribution >= 0.6 is 11.6 Å². The molecular formula is C17H15ClN2O5. The first kappa shape index (κ1) is 17.0. The highest BCUT2D eigenvalue weighted by Crippen LogP contribution is 2.28. The number of carboxylic acid groups (broad SMARTS) is 2. The summed E-state index contributed by atoms with van der Waals surface area (Å²) in [5.41, 5.74) is 1.47. The van der Waals surface area contributed by atoms with Crippen LogP contribution in [0.25, 0.3) is 11.3 Å². The molecule has 1 saturated heterocycles. The Labute approximate surface area is 148 Å². The molecule has 0 radical (unpaired) electrons. The van der Waals surface area contributed by atoms with Gasteiger partial charge in [-0.3, -0.25) is 4.90 Å². The third-order valence-corrected chi connectivity index (χ3v) is 4.13. The molecule has 7 nitrogen and oxygen atoms in total. The van der Waals surface area contributed by atoms with Gasteiger partial charge in [0.15, 0.2) is 0 Å². The van der Waals surface area contributed by atoms with Crippen LogP contribution in [-0.2, 0) is 4.79 Å². The van der Waals surface area contributed by atoms with E-state index in [0.29, 0.717) is 11.4 Å². The molecule has 1 amide bonds. The van der Waals surface area contributed by atoms with Crippen molar-refractivity contribution >= 4 is 23.7 Å². The van der Waals surface area contributed by atoms with Crippen LogP contribution in [0, 0.1) is 0 Å². The van der Waals surface area contributed by atoms with Gasteiger partial charge in [0.05, 0.1) is 12.2 Å². The number of benzene rings is 1. The minimum Gasteiger partial charge on any atom is -0.488 e. The number of carbonyl (C=O) groups is 2. The van der Waals surface area contributed by atoms with Crippen LogP contribution < -0.4 is 4.74 Å². The van der Waals surface area contributed by atoms with Crippen molar-refractivity contribution in [2.45, 2.75) is 18.6 Å². The van der Waals surface area contributed by atoms with Crippen molar-refractivity contribution in [3.05, 3.63) is 47.6 Å². The summed E-state index contributed by atoms with van der Waals surface area (Å²) >= 11 is 6.05. The van der Waals surface area contributed by atoms with E-state index in [9.17, 15) is 9.59 Å². The highest BCUT2D eigenvalue weighted by Gasteiger charge is 2.41. The minimum absolute atomic E-state index is 0.0209. The highest BCUT2D eigenvalue weighted by atomic mass is 35.5. The maximum atomic E-state index is 11.2. The second kappa shape index (κ2) is 6.98. The first-order chi connectivity index (χ1) is 11.9. The highest BCUT2D eigenvalue weighted by molar-refractivity contribution is 6.29. The van der Waals surface area contributed by atoms with Crippen LogP contribution in [-0.4, -0.2) is 50.9 Å². The van der Waals surface area contributed by atoms with Gasteiger partial charge in [-0.1, -0.05) is 41.9 Å². The zero-order valence-corrected chi connectivity index (χ0v) is 13.8. The van der Waals surface area contributed by atoms with Gasteiger partial charge in [-0.25, -0.2) is 14.6 Å². The topological polar surface area (TPSA) is 100.0 Å². The van der Waals surface area contributed by atoms with Gasteiger partial charge >= 0.3 is 12.1 Å². The maximum absolute atomic E-state index is 11.2. The van der Waals surface area contributed by atoms with Gasteiger partial charge in [-0.15, -0.1) is 0 Å². The molecule has 1 aromatic carbocycles. The summed E-state index contributed by atoms with van der Waals surface area (Å²) in [4.78, 5) is 27.5. The number of amides is 1. The minimum atomic E-state index is -1.28. The zero-order chi connectivity index (χ0) is 18.0. The van der Waals surface area contributed by atoms with Gasteiger partial charge in [0.2, 0.25) is 0 Å². The zero-order valence-electron chi connectivity index (χ0n) is 13.0. The molecule has 0 aliphatic carbocycles. The Balaban J connectivity index is 1.81. The van der Waals surface area contributed by atoms with Crippen molar-refractivity contribution in [1.82, 2.24) is 9.88 Å². The number of halogens is 1. The third kappa shape index (κ3) is 3.83. The van der Waals surface area contributed by atoms with Gasteiger partial charge < -0.3 is 14.9 Å². The van der Waals surface area contributed by atoms with E-state index < -0.39 is 24.2 Å². The van der Waals surface area contributed by atoms with Crippen LogP contribution in [0.5, 0.6) is 5.75 Å². The molecule has 2 N–H and O–H groups in total. The number of aromatic nitrogens is 1. The van der Waals surface area contributed by atoms with Crippen molar-refractivity contribution in [2.75, 3.05) is 6.54 Å². The summed E-state index contributed by atoms with van der Waals surface area (Å²) in [6.45, 7) is -0.0209. The summed E-state index contributed by atoms with van der Waals surface area (Å²) in [6.07, 6.45) is -1.78. The Hall–Kier alpha value is -2.80. The van der Waals surface area contributed by atoms with E-state index in [-0.39, 0.29) is 18.1 Å². The van der Waals surface area contributed by atoms with Crippen LogP contribution in [0.15, 0.2) is 42.5 Å². The lowest BCUT2D eigenvalue weighted by Crippen LogP contribution is -2.39. The fourth-order valence-electron chi connectivity index (χ4n) is 2.82. The Kier molecular flexibility index (Phi) is 4.76. The lowest BCUT2D eigenvalue weighted by molar-refractivity contribution is -0.141. The first-order valence-electron chi connectivity index (χ1n) is 7.56. The predicted molar refractivity (Wildman–Crippen MR) is 89.9 cm³/mol. The van der Waals surface area contributed by atoms with Crippen LogP contribution in [0.1, 0.15) is 6.42 Å². The molecule has 1 aliphatic rings. The molecule has 1 aliphatic heterocycles. The van der Waals surface area contributed by atoms with Gasteiger partial charge in [0.1, 0.15) is 23.0 Å². The van der Waals surface area contributed by atoms with Crippen molar-refractivity contribution in [3.63, 3.8) is 0 Å². The summed E-state index contributed by atoms with van der Waals surface area (Å²) < 4.78 is 5.79. The van der Waals surface area contributed by atoms with Crippen molar-refractivity contribution in [3.8, 4) is 17.0 Å². The number of carboxylic acids is 1. The molecule has 1 aromatic heterocycles. The predicted octanol–water partition coefficient (Wildman–Crippen LogP) is 2.99. The van der Waals surface area contributed by atoms with Crippen molar-refractivity contribution in [1.29, 1.82) is 0 Å². The van der Waals surface area contributed by atoms with Crippen LogP contribution in [0.2, 0.25) is 5.15 Å². The van der Waals surface area contributed by atoms with E-state index in [2.05, 4.69) is 4.98 Å². The maximum Gasteiger partial charge on any atom is 0.408 e. The molecular weight excluding hydrogens is 348 g/mol. The molecule has 0 bridgehead atoms. The second-order valence-electron chi connectivity index (χ2n) is 5.64. The number of aliphatic carboxylic acids is 1. The standard InChI is InChI=1S/C17H15ClN2O5/c18-15-8-11(6-13(19-15)10-4-2-1-3-5-10)25-12-7-14(16(21)22)20(9-12)17(23)24/h1-6,8,12,14H,7,9H2,(H,21,22)(H,23,24)/t12?,14-/m0/s1. The number of rotatable bonds is 4. The summed E-state index contributed by atoms with van der Waals surface area (Å²) in [7, 11) is 0. The molecule has 130 valence electrons. The molecule has 0 saturated carbocycles. The molecule has 0 spiro atoms. The van der Waals surface area contributed by atoms with Crippen molar-refractivity contribution < 1.29 is 24.5 Å². The monoisotopic (exact) mass is 362 g/mol. The van der Waals surface area contributed by atoms with E-state index in [1.807, 2.05) is 30.3 Å². The molecule has 1 fully saturated rings. The smallest absolute Gasteiger partial charge is 0.408 e. The number of pyridine rings is 1. The summed E-state index contributed by atoms with van der Waals surface area (Å²) in [5.74, 6) is -0.772. The van der Waals surface area contributed by atoms with E-state index in [4.69, 9.17) is 26.6 Å². The molecule has 1 unspecified atom stereocenters. The van der Waals surface area contributed by atoms with E-state index in [1.165, 1.54) is 6.07 Å². The quantitative estimate of drug-likeness (QED) is 0.811. The lowest BCUT2D eigenvalue weighted by atomic mass is 10.1. The van der Waals surface area contributed by atoms with E-state index in [1.54, 1.807) is 6.07 Å². The third-order valence-electron chi connectivity index (χ3n) is 3.93. The SMILES string of the molecule is O=C(O)[C@@H]1CC(Oc2cc(Cl)nc(-c3ccccc3)c2)CN1C(=O)O. The number of likely N-dealkylation sites (tertiary alicyclic amines) is 1. The Morgan fingerprint density at radius 3 is 2.52 bits per heavy atom. The molecule has 8 heteroatoms. The van der Waals surface area contributed by atoms with Gasteiger partial charge in [0.25, 0.3) is 0 Å². The second-order valence-corrected chi connectivity index (χ2v) is 6.03. The van der Waals surface area contributed by atoms with E-state index in [0.717, 1.165) is 10.5 Å². The van der Waals surface area contributed by atoms with Gasteiger partial charge in [-0.2, -0.15) is 0 Å². The number of hydrogen-bond donors (Lipinski definition) is 2. The normalized spacial score (nSPS) is 19.6. The Bertz CT molecular complexity index is 777. The largest absolute Gasteiger partial charge is 0.488 e. The van der Waals surface area contributed by atoms with E-state index >= 15 is 0 Å². The number of nitrogens with zero attached hydrogens (tertiary/aromatic N) is 2. The van der Waals surface area contributed by atoms with Crippen LogP contribution in [0.4, 0.5) is 4.79 Å². The Morgan fingerprint density at radius 2 is 1.92 bits per heavy atom. The van der Waals surface area contributed by atoms with Gasteiger partial charge in [0, 0.05) is 24.1 Å². The lowest BCUT2D eigenvalue weighted by Gasteiger charge is -2.16. The fourth-order valence-corrected chi connectivity index (χ4v) is 3.02. The Morgan fingerprint density at radius 1 is 1.20 bits per heavy atom. The number of hydrogen-bond acceptors (Lipinski definition) is 4. The fraction of sp³-hybridized carbons (Fsp3) is 0.235. The average molecular weight is 363 g/mol.